The van der Waals surface area contributed by atoms with Gasteiger partial charge in [-0.05, 0) is 29.8 Å². The molecule has 0 spiro atoms. The highest BCUT2D eigenvalue weighted by Gasteiger charge is 2.23. The van der Waals surface area contributed by atoms with Crippen molar-refractivity contribution in [1.29, 1.82) is 0 Å². The molecule has 3 rings (SSSR count). The van der Waals surface area contributed by atoms with Crippen LogP contribution in [0.15, 0.2) is 71.9 Å². The van der Waals surface area contributed by atoms with Crippen molar-refractivity contribution in [2.24, 2.45) is 0 Å². The summed E-state index contributed by atoms with van der Waals surface area (Å²) in [5.74, 6) is -0.416. The monoisotopic (exact) mass is 345 g/mol. The zero-order valence-electron chi connectivity index (χ0n) is 13.0. The Hall–Kier alpha value is -2.67. The van der Waals surface area contributed by atoms with Crippen LogP contribution in [0.25, 0.3) is 0 Å². The fourth-order valence-electron chi connectivity index (χ4n) is 2.28. The van der Waals surface area contributed by atoms with Crippen molar-refractivity contribution in [1.82, 2.24) is 9.78 Å². The normalized spacial score (nSPS) is 11.4. The van der Waals surface area contributed by atoms with Crippen molar-refractivity contribution in [3.8, 4) is 0 Å². The summed E-state index contributed by atoms with van der Waals surface area (Å²) in [6.45, 7) is 0.483. The van der Waals surface area contributed by atoms with Crippen LogP contribution in [0.1, 0.15) is 5.56 Å². The van der Waals surface area contributed by atoms with E-state index in [0.717, 1.165) is 9.87 Å². The van der Waals surface area contributed by atoms with Crippen molar-refractivity contribution in [3.63, 3.8) is 0 Å². The van der Waals surface area contributed by atoms with Crippen LogP contribution < -0.4 is 4.31 Å². The molecular formula is C17H16FN3O2S. The Kier molecular flexibility index (Phi) is 4.35. The Morgan fingerprint density at radius 2 is 1.75 bits per heavy atom. The minimum absolute atomic E-state index is 0.0882. The summed E-state index contributed by atoms with van der Waals surface area (Å²) < 4.78 is 41.0. The van der Waals surface area contributed by atoms with E-state index in [1.54, 1.807) is 4.68 Å². The summed E-state index contributed by atoms with van der Waals surface area (Å²) in [6, 6.07) is 14.9. The molecule has 1 aromatic heterocycles. The van der Waals surface area contributed by atoms with Crippen LogP contribution in [-0.4, -0.2) is 25.2 Å². The highest BCUT2D eigenvalue weighted by atomic mass is 32.2. The fourth-order valence-corrected chi connectivity index (χ4v) is 3.43. The maximum Gasteiger partial charge on any atom is 0.267 e. The molecule has 0 saturated heterocycles. The lowest BCUT2D eigenvalue weighted by Gasteiger charge is -2.18. The van der Waals surface area contributed by atoms with Gasteiger partial charge in [-0.1, -0.05) is 30.3 Å². The van der Waals surface area contributed by atoms with Gasteiger partial charge in [-0.15, -0.1) is 0 Å². The Morgan fingerprint density at radius 3 is 2.42 bits per heavy atom. The van der Waals surface area contributed by atoms with Crippen LogP contribution in [0.3, 0.4) is 0 Å². The van der Waals surface area contributed by atoms with E-state index in [0.29, 0.717) is 12.2 Å². The van der Waals surface area contributed by atoms with Crippen molar-refractivity contribution in [3.05, 3.63) is 78.4 Å². The molecule has 2 aromatic carbocycles. The number of halogens is 1. The molecule has 24 heavy (non-hydrogen) atoms. The molecule has 0 aliphatic carbocycles. The molecule has 7 heteroatoms. The summed E-state index contributed by atoms with van der Waals surface area (Å²) in [5, 5.41) is 4.12. The summed E-state index contributed by atoms with van der Waals surface area (Å²) in [5.41, 5.74) is 1.41. The van der Waals surface area contributed by atoms with E-state index in [4.69, 9.17) is 0 Å². The molecule has 0 atom stereocenters. The minimum Gasteiger partial charge on any atom is -0.269 e. The third kappa shape index (κ3) is 3.30. The van der Waals surface area contributed by atoms with Gasteiger partial charge in [0.25, 0.3) is 10.0 Å². The molecule has 0 aliphatic heterocycles. The second kappa shape index (κ2) is 6.45. The summed E-state index contributed by atoms with van der Waals surface area (Å²) in [7, 11) is -2.32. The topological polar surface area (TPSA) is 55.2 Å². The van der Waals surface area contributed by atoms with Crippen LogP contribution in [0.4, 0.5) is 10.1 Å². The van der Waals surface area contributed by atoms with Crippen LogP contribution in [-0.2, 0) is 16.6 Å². The van der Waals surface area contributed by atoms with Gasteiger partial charge in [0.2, 0.25) is 0 Å². The molecule has 1 heterocycles. The van der Waals surface area contributed by atoms with Gasteiger partial charge >= 0.3 is 0 Å². The number of sulfonamides is 1. The van der Waals surface area contributed by atoms with Crippen LogP contribution in [0.2, 0.25) is 0 Å². The van der Waals surface area contributed by atoms with Gasteiger partial charge in [0.15, 0.2) is 0 Å². The molecule has 0 fully saturated rings. The Bertz CT molecular complexity index is 922. The van der Waals surface area contributed by atoms with Gasteiger partial charge in [0.05, 0.1) is 18.4 Å². The third-order valence-corrected chi connectivity index (χ3v) is 5.38. The predicted molar refractivity (Wildman–Crippen MR) is 89.8 cm³/mol. The molecule has 0 bridgehead atoms. The lowest BCUT2D eigenvalue weighted by molar-refractivity contribution is 0.593. The molecule has 0 N–H and O–H groups in total. The number of benzene rings is 2. The smallest absolute Gasteiger partial charge is 0.267 e. The molecule has 0 amide bonds. The maximum absolute atomic E-state index is 13.0. The van der Waals surface area contributed by atoms with Crippen molar-refractivity contribution in [2.45, 2.75) is 11.4 Å². The highest BCUT2D eigenvalue weighted by molar-refractivity contribution is 7.92. The molecule has 0 unspecified atom stereocenters. The lowest BCUT2D eigenvalue weighted by atomic mass is 10.2. The van der Waals surface area contributed by atoms with E-state index >= 15 is 0 Å². The van der Waals surface area contributed by atoms with E-state index in [1.807, 2.05) is 30.3 Å². The average molecular weight is 345 g/mol. The van der Waals surface area contributed by atoms with Crippen molar-refractivity contribution >= 4 is 15.7 Å². The Morgan fingerprint density at radius 1 is 1.08 bits per heavy atom. The third-order valence-electron chi connectivity index (χ3n) is 3.65. The van der Waals surface area contributed by atoms with E-state index in [2.05, 4.69) is 5.10 Å². The van der Waals surface area contributed by atoms with Crippen LogP contribution in [0, 0.1) is 5.82 Å². The van der Waals surface area contributed by atoms with E-state index in [9.17, 15) is 12.8 Å². The zero-order valence-corrected chi connectivity index (χ0v) is 13.8. The molecule has 0 aliphatic rings. The molecule has 0 radical (unpaired) electrons. The number of rotatable bonds is 5. The summed E-state index contributed by atoms with van der Waals surface area (Å²) >= 11 is 0. The van der Waals surface area contributed by atoms with Gasteiger partial charge < -0.3 is 0 Å². The largest absolute Gasteiger partial charge is 0.269 e. The van der Waals surface area contributed by atoms with Crippen LogP contribution in [0.5, 0.6) is 0 Å². The number of hydrogen-bond donors (Lipinski definition) is 0. The predicted octanol–water partition coefficient (Wildman–Crippen LogP) is 2.90. The average Bonchev–Trinajstić information content (AvgIpc) is 3.05. The van der Waals surface area contributed by atoms with Crippen molar-refractivity contribution in [2.75, 3.05) is 11.4 Å². The lowest BCUT2D eigenvalue weighted by Crippen LogP contribution is -2.26. The highest BCUT2D eigenvalue weighted by Crippen LogP contribution is 2.22. The Balaban J connectivity index is 1.84. The van der Waals surface area contributed by atoms with Gasteiger partial charge in [-0.25, -0.2) is 12.8 Å². The quantitative estimate of drug-likeness (QED) is 0.714. The second-order valence-electron chi connectivity index (χ2n) is 5.31. The van der Waals surface area contributed by atoms with Gasteiger partial charge in [-0.2, -0.15) is 5.10 Å². The minimum atomic E-state index is -3.75. The zero-order chi connectivity index (χ0) is 17.2. The first-order valence-electron chi connectivity index (χ1n) is 7.28. The van der Waals surface area contributed by atoms with E-state index in [1.165, 1.54) is 43.7 Å². The van der Waals surface area contributed by atoms with E-state index in [-0.39, 0.29) is 4.90 Å². The fraction of sp³-hybridized carbons (Fsp3) is 0.118. The second-order valence-corrected chi connectivity index (χ2v) is 7.28. The first-order valence-corrected chi connectivity index (χ1v) is 8.72. The SMILES string of the molecule is CN(c1ccc(F)cc1)S(=O)(=O)c1cnn(Cc2ccccc2)c1. The molecule has 124 valence electrons. The molecular weight excluding hydrogens is 329 g/mol. The van der Waals surface area contributed by atoms with Crippen molar-refractivity contribution < 1.29 is 12.8 Å². The Labute approximate surface area is 140 Å². The molecule has 3 aromatic rings. The maximum atomic E-state index is 13.0. The first kappa shape index (κ1) is 16.2. The number of aromatic nitrogens is 2. The molecule has 0 saturated carbocycles. The summed E-state index contributed by atoms with van der Waals surface area (Å²) in [4.78, 5) is 0.0882. The van der Waals surface area contributed by atoms with Crippen LogP contribution >= 0.6 is 0 Å². The number of hydrogen-bond acceptors (Lipinski definition) is 3. The first-order chi connectivity index (χ1) is 11.5. The van der Waals surface area contributed by atoms with Gasteiger partial charge in [0, 0.05) is 13.2 Å². The number of nitrogens with zero attached hydrogens (tertiary/aromatic N) is 3. The number of anilines is 1. The van der Waals surface area contributed by atoms with Gasteiger partial charge in [-0.3, -0.25) is 8.99 Å². The molecule has 5 nitrogen and oxygen atoms in total. The van der Waals surface area contributed by atoms with E-state index < -0.39 is 15.8 Å². The summed E-state index contributed by atoms with van der Waals surface area (Å²) in [6.07, 6.45) is 2.81. The van der Waals surface area contributed by atoms with Gasteiger partial charge in [0.1, 0.15) is 10.7 Å². The standard InChI is InChI=1S/C17H16FN3O2S/c1-20(16-9-7-15(18)8-10-16)24(22,23)17-11-19-21(13-17)12-14-5-3-2-4-6-14/h2-11,13H,12H2,1H3.